The van der Waals surface area contributed by atoms with E-state index in [9.17, 15) is 9.90 Å². The highest BCUT2D eigenvalue weighted by atomic mass is 16.3. The molecule has 0 spiro atoms. The third-order valence-corrected chi connectivity index (χ3v) is 4.51. The molecule has 0 radical (unpaired) electrons. The molecular weight excluding hydrogens is 252 g/mol. The monoisotopic (exact) mass is 274 g/mol. The molecule has 108 valence electrons. The molecule has 1 aliphatic heterocycles. The number of benzene rings is 1. The summed E-state index contributed by atoms with van der Waals surface area (Å²) in [7, 11) is 1.79. The maximum absolute atomic E-state index is 12.5. The molecule has 4 heteroatoms. The van der Waals surface area contributed by atoms with E-state index in [1.807, 2.05) is 18.2 Å². The molecule has 0 bridgehead atoms. The van der Waals surface area contributed by atoms with Crippen molar-refractivity contribution >= 4 is 11.6 Å². The number of fused-ring (bicyclic) bond motifs is 1. The lowest BCUT2D eigenvalue weighted by molar-refractivity contribution is -0.133. The van der Waals surface area contributed by atoms with E-state index in [4.69, 9.17) is 0 Å². The van der Waals surface area contributed by atoms with Crippen LogP contribution in [0.4, 0.5) is 5.69 Å². The van der Waals surface area contributed by atoms with Crippen molar-refractivity contribution in [3.05, 3.63) is 29.8 Å². The van der Waals surface area contributed by atoms with E-state index in [0.29, 0.717) is 6.54 Å². The molecule has 20 heavy (non-hydrogen) atoms. The Morgan fingerprint density at radius 1 is 1.40 bits per heavy atom. The second-order valence-electron chi connectivity index (χ2n) is 6.18. The van der Waals surface area contributed by atoms with Crippen LogP contribution in [0.15, 0.2) is 24.3 Å². The van der Waals surface area contributed by atoms with Gasteiger partial charge in [0.1, 0.15) is 6.04 Å². The number of rotatable bonds is 3. The van der Waals surface area contributed by atoms with Gasteiger partial charge in [-0.3, -0.25) is 4.79 Å². The third kappa shape index (κ3) is 2.52. The van der Waals surface area contributed by atoms with Gasteiger partial charge in [0.2, 0.25) is 5.91 Å². The van der Waals surface area contributed by atoms with Gasteiger partial charge in [-0.15, -0.1) is 0 Å². The van der Waals surface area contributed by atoms with E-state index >= 15 is 0 Å². The molecule has 1 aromatic rings. The van der Waals surface area contributed by atoms with Crippen LogP contribution < -0.4 is 5.32 Å². The highest BCUT2D eigenvalue weighted by Crippen LogP contribution is 2.31. The summed E-state index contributed by atoms with van der Waals surface area (Å²) in [5.74, 6) is 0.0709. The Bertz CT molecular complexity index is 484. The number of amides is 1. The molecule has 1 atom stereocenters. The smallest absolute Gasteiger partial charge is 0.245 e. The zero-order valence-corrected chi connectivity index (χ0v) is 11.9. The normalized spacial score (nSPS) is 23.2. The molecule has 0 saturated heterocycles. The zero-order chi connectivity index (χ0) is 14.2. The van der Waals surface area contributed by atoms with Gasteiger partial charge in [-0.05, 0) is 24.5 Å². The summed E-state index contributed by atoms with van der Waals surface area (Å²) >= 11 is 0. The van der Waals surface area contributed by atoms with Crippen molar-refractivity contribution in [2.75, 3.05) is 18.9 Å². The molecule has 1 saturated carbocycles. The van der Waals surface area contributed by atoms with Crippen LogP contribution in [0, 0.1) is 0 Å². The average Bonchev–Trinajstić information content (AvgIpc) is 3.03. The van der Waals surface area contributed by atoms with Gasteiger partial charge >= 0.3 is 0 Å². The number of nitrogens with zero attached hydrogens (tertiary/aromatic N) is 1. The minimum atomic E-state index is -0.671. The lowest BCUT2D eigenvalue weighted by Crippen LogP contribution is -2.47. The van der Waals surface area contributed by atoms with Crippen LogP contribution in [0.2, 0.25) is 0 Å². The summed E-state index contributed by atoms with van der Waals surface area (Å²) in [6.45, 7) is 0.445. The predicted molar refractivity (Wildman–Crippen MR) is 78.6 cm³/mol. The topological polar surface area (TPSA) is 52.6 Å². The first kappa shape index (κ1) is 13.4. The van der Waals surface area contributed by atoms with Crippen molar-refractivity contribution < 1.29 is 9.90 Å². The molecule has 1 unspecified atom stereocenters. The Kier molecular flexibility index (Phi) is 3.42. The first-order valence-corrected chi connectivity index (χ1v) is 7.39. The molecule has 1 aliphatic carbocycles. The molecule has 2 aliphatic rings. The summed E-state index contributed by atoms with van der Waals surface area (Å²) in [5.41, 5.74) is 1.58. The van der Waals surface area contributed by atoms with Gasteiger partial charge < -0.3 is 15.3 Å². The lowest BCUT2D eigenvalue weighted by atomic mass is 10.0. The Balaban J connectivity index is 1.62. The number of aliphatic hydroxyl groups is 1. The minimum absolute atomic E-state index is 0.0709. The van der Waals surface area contributed by atoms with Gasteiger partial charge in [0, 0.05) is 25.7 Å². The number of hydrogen-bond donors (Lipinski definition) is 2. The predicted octanol–water partition coefficient (Wildman–Crippen LogP) is 1.79. The number of hydrogen-bond acceptors (Lipinski definition) is 3. The van der Waals surface area contributed by atoms with Crippen LogP contribution in [-0.4, -0.2) is 41.1 Å². The van der Waals surface area contributed by atoms with Crippen LogP contribution in [0.1, 0.15) is 31.2 Å². The molecule has 4 nitrogen and oxygen atoms in total. The molecule has 2 N–H and O–H groups in total. The zero-order valence-electron chi connectivity index (χ0n) is 11.9. The van der Waals surface area contributed by atoms with Gasteiger partial charge in [-0.2, -0.15) is 0 Å². The van der Waals surface area contributed by atoms with Crippen molar-refractivity contribution in [1.82, 2.24) is 4.90 Å². The van der Waals surface area contributed by atoms with E-state index in [2.05, 4.69) is 11.4 Å². The lowest BCUT2D eigenvalue weighted by Gasteiger charge is -2.30. The van der Waals surface area contributed by atoms with E-state index in [-0.39, 0.29) is 11.9 Å². The second-order valence-corrected chi connectivity index (χ2v) is 6.18. The fraction of sp³-hybridized carbons (Fsp3) is 0.562. The number of para-hydroxylation sites is 1. The number of anilines is 1. The SMILES string of the molecule is CN(CC1(O)CCCC1)C(=O)C1Cc2ccccc2N1. The summed E-state index contributed by atoms with van der Waals surface area (Å²) in [6.07, 6.45) is 4.47. The molecule has 1 heterocycles. The Labute approximate surface area is 119 Å². The Hall–Kier alpha value is -1.55. The number of carbonyl (C=O) groups is 1. The first-order chi connectivity index (χ1) is 9.57. The van der Waals surface area contributed by atoms with Crippen LogP contribution in [0.3, 0.4) is 0 Å². The molecule has 0 aromatic heterocycles. The summed E-state index contributed by atoms with van der Waals surface area (Å²) < 4.78 is 0. The van der Waals surface area contributed by atoms with Gasteiger partial charge in [0.25, 0.3) is 0 Å². The first-order valence-electron chi connectivity index (χ1n) is 7.39. The highest BCUT2D eigenvalue weighted by molar-refractivity contribution is 5.87. The quantitative estimate of drug-likeness (QED) is 0.883. The number of nitrogens with one attached hydrogen (secondary N) is 1. The van der Waals surface area contributed by atoms with Crippen LogP contribution >= 0.6 is 0 Å². The molecule has 1 aromatic carbocycles. The fourth-order valence-corrected chi connectivity index (χ4v) is 3.42. The number of carbonyl (C=O) groups excluding carboxylic acids is 1. The standard InChI is InChI=1S/C16H22N2O2/c1-18(11-16(20)8-4-5-9-16)15(19)14-10-12-6-2-3-7-13(12)17-14/h2-3,6-7,14,17,20H,4-5,8-11H2,1H3. The highest BCUT2D eigenvalue weighted by Gasteiger charge is 2.36. The van der Waals surface area contributed by atoms with Crippen LogP contribution in [-0.2, 0) is 11.2 Å². The van der Waals surface area contributed by atoms with Gasteiger partial charge in [-0.25, -0.2) is 0 Å². The van der Waals surface area contributed by atoms with E-state index in [0.717, 1.165) is 37.8 Å². The van der Waals surface area contributed by atoms with E-state index in [1.54, 1.807) is 11.9 Å². The molecular formula is C16H22N2O2. The number of likely N-dealkylation sites (N-methyl/N-ethyl adjacent to an activating group) is 1. The van der Waals surface area contributed by atoms with Crippen molar-refractivity contribution in [3.63, 3.8) is 0 Å². The molecule has 1 fully saturated rings. The van der Waals surface area contributed by atoms with E-state index < -0.39 is 5.60 Å². The summed E-state index contributed by atoms with van der Waals surface area (Å²) in [5, 5.41) is 13.7. The van der Waals surface area contributed by atoms with Crippen molar-refractivity contribution in [3.8, 4) is 0 Å². The van der Waals surface area contributed by atoms with Gasteiger partial charge in [-0.1, -0.05) is 31.0 Å². The van der Waals surface area contributed by atoms with Crippen LogP contribution in [0.5, 0.6) is 0 Å². The van der Waals surface area contributed by atoms with Crippen LogP contribution in [0.25, 0.3) is 0 Å². The fourth-order valence-electron chi connectivity index (χ4n) is 3.42. The molecule has 3 rings (SSSR count). The summed E-state index contributed by atoms with van der Waals surface area (Å²) in [4.78, 5) is 14.2. The third-order valence-electron chi connectivity index (χ3n) is 4.51. The summed E-state index contributed by atoms with van der Waals surface area (Å²) in [6, 6.07) is 7.84. The Morgan fingerprint density at radius 3 is 2.80 bits per heavy atom. The van der Waals surface area contributed by atoms with E-state index in [1.165, 1.54) is 5.56 Å². The minimum Gasteiger partial charge on any atom is -0.388 e. The van der Waals surface area contributed by atoms with Crippen molar-refractivity contribution in [1.29, 1.82) is 0 Å². The van der Waals surface area contributed by atoms with Gasteiger partial charge in [0.05, 0.1) is 5.60 Å². The van der Waals surface area contributed by atoms with Crippen molar-refractivity contribution in [2.24, 2.45) is 0 Å². The molecule has 1 amide bonds. The Morgan fingerprint density at radius 2 is 2.10 bits per heavy atom. The van der Waals surface area contributed by atoms with Crippen molar-refractivity contribution in [2.45, 2.75) is 43.7 Å². The maximum Gasteiger partial charge on any atom is 0.245 e. The second kappa shape index (κ2) is 5.09. The maximum atomic E-state index is 12.5. The largest absolute Gasteiger partial charge is 0.388 e. The van der Waals surface area contributed by atoms with Gasteiger partial charge in [0.15, 0.2) is 0 Å². The average molecular weight is 274 g/mol.